The molecule has 0 saturated heterocycles. The van der Waals surface area contributed by atoms with Crippen LogP contribution < -0.4 is 4.90 Å². The van der Waals surface area contributed by atoms with Crippen LogP contribution in [-0.4, -0.2) is 41.4 Å². The summed E-state index contributed by atoms with van der Waals surface area (Å²) < 4.78 is 3.65. The highest BCUT2D eigenvalue weighted by Crippen LogP contribution is 2.24. The van der Waals surface area contributed by atoms with Gasteiger partial charge in [0.25, 0.3) is 0 Å². The number of hydrogen-bond donors (Lipinski definition) is 1. The van der Waals surface area contributed by atoms with E-state index in [1.807, 2.05) is 42.9 Å². The average Bonchev–Trinajstić information content (AvgIpc) is 3.16. The van der Waals surface area contributed by atoms with Crippen molar-refractivity contribution in [3.8, 4) is 0 Å². The Balaban J connectivity index is 1.60. The molecule has 0 bridgehead atoms. The Morgan fingerprint density at radius 2 is 2.04 bits per heavy atom. The average molecular weight is 339 g/mol. The van der Waals surface area contributed by atoms with Crippen molar-refractivity contribution >= 4 is 5.82 Å². The largest absolute Gasteiger partial charge is 0.380 e. The van der Waals surface area contributed by atoms with Crippen LogP contribution in [0.2, 0.25) is 0 Å². The molecule has 3 aromatic heterocycles. The molecule has 1 aliphatic rings. The molecule has 130 valence electrons. The number of aliphatic hydroxyl groups excluding tert-OH is 1. The van der Waals surface area contributed by atoms with Gasteiger partial charge in [0.15, 0.2) is 5.82 Å². The predicted octanol–water partition coefficient (Wildman–Crippen LogP) is 1.21. The van der Waals surface area contributed by atoms with Crippen molar-refractivity contribution in [1.82, 2.24) is 29.8 Å². The zero-order valence-corrected chi connectivity index (χ0v) is 14.4. The van der Waals surface area contributed by atoms with E-state index in [-0.39, 0.29) is 0 Å². The Hall–Kier alpha value is -2.74. The van der Waals surface area contributed by atoms with Crippen molar-refractivity contribution in [1.29, 1.82) is 0 Å². The summed E-state index contributed by atoms with van der Waals surface area (Å²) in [7, 11) is 1.82. The number of aryl methyl sites for hydroxylation is 3. The molecule has 0 aromatic carbocycles. The van der Waals surface area contributed by atoms with Crippen LogP contribution in [0.5, 0.6) is 0 Å². The van der Waals surface area contributed by atoms with E-state index in [0.717, 1.165) is 42.4 Å². The number of anilines is 1. The minimum Gasteiger partial charge on any atom is -0.380 e. The second kappa shape index (κ2) is 6.29. The molecule has 8 nitrogen and oxygen atoms in total. The molecule has 25 heavy (non-hydrogen) atoms. The molecule has 8 heteroatoms. The van der Waals surface area contributed by atoms with Crippen molar-refractivity contribution in [2.24, 2.45) is 7.05 Å². The lowest BCUT2D eigenvalue weighted by molar-refractivity contribution is 0.203. The van der Waals surface area contributed by atoms with Crippen molar-refractivity contribution in [3.05, 3.63) is 53.2 Å². The van der Waals surface area contributed by atoms with Crippen LogP contribution >= 0.6 is 0 Å². The predicted molar refractivity (Wildman–Crippen MR) is 91.9 cm³/mol. The summed E-state index contributed by atoms with van der Waals surface area (Å²) in [4.78, 5) is 2.20. The molecule has 3 aromatic rings. The van der Waals surface area contributed by atoms with E-state index in [0.29, 0.717) is 12.2 Å². The topological polar surface area (TPSA) is 84.9 Å². The Bertz CT molecular complexity index is 868. The van der Waals surface area contributed by atoms with Crippen LogP contribution in [0.25, 0.3) is 0 Å². The first kappa shape index (κ1) is 15.8. The first-order chi connectivity index (χ1) is 12.1. The third kappa shape index (κ3) is 3.00. The number of hydrogen-bond acceptors (Lipinski definition) is 6. The molecule has 0 fully saturated rings. The van der Waals surface area contributed by atoms with Crippen LogP contribution in [0, 0.1) is 6.92 Å². The van der Waals surface area contributed by atoms with Gasteiger partial charge in [0.1, 0.15) is 6.10 Å². The lowest BCUT2D eigenvalue weighted by Crippen LogP contribution is -2.23. The molecule has 1 N–H and O–H groups in total. The third-order valence-corrected chi connectivity index (χ3v) is 4.56. The summed E-state index contributed by atoms with van der Waals surface area (Å²) >= 11 is 0. The van der Waals surface area contributed by atoms with Gasteiger partial charge in [0.2, 0.25) is 0 Å². The molecule has 0 aliphatic carbocycles. The van der Waals surface area contributed by atoms with E-state index in [1.165, 1.54) is 0 Å². The van der Waals surface area contributed by atoms with Gasteiger partial charge in [-0.3, -0.25) is 9.36 Å². The fraction of sp³-hybridized carbons (Fsp3) is 0.412. The maximum absolute atomic E-state index is 10.6. The Morgan fingerprint density at radius 3 is 2.76 bits per heavy atom. The highest BCUT2D eigenvalue weighted by Gasteiger charge is 2.22. The quantitative estimate of drug-likeness (QED) is 0.772. The van der Waals surface area contributed by atoms with Crippen LogP contribution in [0.4, 0.5) is 5.82 Å². The maximum Gasteiger partial charge on any atom is 0.151 e. The standard InChI is InChI=1S/C17H21N7O/c1-12-4-5-16(20-19-12)23-8-3-9-24-13(11-23)10-14(21-24)17(25)15-6-7-18-22(15)2/h4-7,10,17,25H,3,8-9,11H2,1-2H3/t17-/m1/s1. The van der Waals surface area contributed by atoms with Crippen molar-refractivity contribution in [2.75, 3.05) is 11.4 Å². The molecule has 0 radical (unpaired) electrons. The SMILES string of the molecule is Cc1ccc(N2CCCn3nc([C@@H](O)c4ccnn4C)cc3C2)nn1. The summed E-state index contributed by atoms with van der Waals surface area (Å²) in [6.45, 7) is 4.35. The van der Waals surface area contributed by atoms with E-state index in [1.54, 1.807) is 10.9 Å². The molecule has 0 spiro atoms. The minimum atomic E-state index is -0.778. The van der Waals surface area contributed by atoms with Gasteiger partial charge in [-0.2, -0.15) is 15.3 Å². The highest BCUT2D eigenvalue weighted by molar-refractivity contribution is 5.38. The molecular weight excluding hydrogens is 318 g/mol. The van der Waals surface area contributed by atoms with E-state index < -0.39 is 6.10 Å². The van der Waals surface area contributed by atoms with Crippen LogP contribution in [0.3, 0.4) is 0 Å². The summed E-state index contributed by atoms with van der Waals surface area (Å²) in [5.41, 5.74) is 3.35. The van der Waals surface area contributed by atoms with Gasteiger partial charge in [0.05, 0.1) is 29.3 Å². The van der Waals surface area contributed by atoms with Crippen molar-refractivity contribution in [2.45, 2.75) is 32.5 Å². The molecule has 0 unspecified atom stereocenters. The summed E-state index contributed by atoms with van der Waals surface area (Å²) in [6, 6.07) is 7.75. The lowest BCUT2D eigenvalue weighted by atomic mass is 10.2. The molecule has 4 rings (SSSR count). The van der Waals surface area contributed by atoms with E-state index >= 15 is 0 Å². The van der Waals surface area contributed by atoms with Crippen LogP contribution in [0.15, 0.2) is 30.5 Å². The molecule has 1 atom stereocenters. The fourth-order valence-corrected chi connectivity index (χ4v) is 3.18. The number of nitrogens with zero attached hydrogens (tertiary/aromatic N) is 7. The summed E-state index contributed by atoms with van der Waals surface area (Å²) in [6.07, 6.45) is 1.86. The first-order valence-corrected chi connectivity index (χ1v) is 8.39. The van der Waals surface area contributed by atoms with Gasteiger partial charge in [-0.25, -0.2) is 0 Å². The zero-order chi connectivity index (χ0) is 17.4. The van der Waals surface area contributed by atoms with Gasteiger partial charge in [0, 0.05) is 26.3 Å². The number of aliphatic hydroxyl groups is 1. The first-order valence-electron chi connectivity index (χ1n) is 8.39. The molecular formula is C17H21N7O. The van der Waals surface area contributed by atoms with E-state index in [9.17, 15) is 5.11 Å². The monoisotopic (exact) mass is 339 g/mol. The molecule has 1 aliphatic heterocycles. The minimum absolute atomic E-state index is 0.649. The summed E-state index contributed by atoms with van der Waals surface area (Å²) in [5, 5.41) is 27.8. The van der Waals surface area contributed by atoms with E-state index in [2.05, 4.69) is 25.3 Å². The second-order valence-corrected chi connectivity index (χ2v) is 6.37. The van der Waals surface area contributed by atoms with Gasteiger partial charge in [-0.05, 0) is 37.6 Å². The Labute approximate surface area is 145 Å². The lowest BCUT2D eigenvalue weighted by Gasteiger charge is -2.20. The number of rotatable bonds is 3. The molecule has 0 saturated carbocycles. The Kier molecular flexibility index (Phi) is 3.96. The molecule has 4 heterocycles. The van der Waals surface area contributed by atoms with Crippen molar-refractivity contribution < 1.29 is 5.11 Å². The molecule has 0 amide bonds. The number of aromatic nitrogens is 6. The van der Waals surface area contributed by atoms with Gasteiger partial charge < -0.3 is 10.0 Å². The van der Waals surface area contributed by atoms with E-state index in [4.69, 9.17) is 0 Å². The second-order valence-electron chi connectivity index (χ2n) is 6.37. The summed E-state index contributed by atoms with van der Waals surface area (Å²) in [5.74, 6) is 0.869. The highest BCUT2D eigenvalue weighted by atomic mass is 16.3. The fourth-order valence-electron chi connectivity index (χ4n) is 3.18. The van der Waals surface area contributed by atoms with Gasteiger partial charge >= 0.3 is 0 Å². The van der Waals surface area contributed by atoms with Gasteiger partial charge in [-0.1, -0.05) is 0 Å². The smallest absolute Gasteiger partial charge is 0.151 e. The van der Waals surface area contributed by atoms with Crippen molar-refractivity contribution in [3.63, 3.8) is 0 Å². The third-order valence-electron chi connectivity index (χ3n) is 4.56. The number of fused-ring (bicyclic) bond motifs is 1. The Morgan fingerprint density at radius 1 is 1.16 bits per heavy atom. The van der Waals surface area contributed by atoms with Gasteiger partial charge in [-0.15, -0.1) is 5.10 Å². The van der Waals surface area contributed by atoms with Crippen LogP contribution in [0.1, 0.15) is 35.3 Å². The van der Waals surface area contributed by atoms with Crippen LogP contribution in [-0.2, 0) is 20.1 Å². The maximum atomic E-state index is 10.6. The normalized spacial score (nSPS) is 15.7. The zero-order valence-electron chi connectivity index (χ0n) is 14.4.